The molecule has 0 amide bonds. The Balaban J connectivity index is 2.98. The Labute approximate surface area is 100 Å². The number of hydrogen-bond donors (Lipinski definition) is 3. The smallest absolute Gasteiger partial charge is 0.157 e. The SMILES string of the molecule is CCC(CC)(CO)Nc1ncnc(Cl)c1N. The summed E-state index contributed by atoms with van der Waals surface area (Å²) in [5.74, 6) is 0.470. The van der Waals surface area contributed by atoms with Crippen LogP contribution < -0.4 is 11.1 Å². The Bertz CT molecular complexity index is 346. The molecule has 0 atom stereocenters. The Kier molecular flexibility index (Phi) is 4.32. The second-order valence-corrected chi connectivity index (χ2v) is 4.06. The van der Waals surface area contributed by atoms with Crippen molar-refractivity contribution in [2.45, 2.75) is 32.2 Å². The highest BCUT2D eigenvalue weighted by Gasteiger charge is 2.26. The Morgan fingerprint density at radius 1 is 1.44 bits per heavy atom. The highest BCUT2D eigenvalue weighted by atomic mass is 35.5. The maximum absolute atomic E-state index is 9.42. The quantitative estimate of drug-likeness (QED) is 0.687. The summed E-state index contributed by atoms with van der Waals surface area (Å²) in [4.78, 5) is 7.80. The number of nitrogens with two attached hydrogens (primary N) is 1. The molecule has 0 aromatic carbocycles. The molecular weight excluding hydrogens is 228 g/mol. The van der Waals surface area contributed by atoms with E-state index >= 15 is 0 Å². The molecule has 6 heteroatoms. The van der Waals surface area contributed by atoms with Crippen molar-refractivity contribution >= 4 is 23.1 Å². The van der Waals surface area contributed by atoms with Gasteiger partial charge in [0.25, 0.3) is 0 Å². The maximum Gasteiger partial charge on any atom is 0.157 e. The third-order valence-electron chi connectivity index (χ3n) is 2.88. The summed E-state index contributed by atoms with van der Waals surface area (Å²) in [6, 6.07) is 0. The molecule has 0 saturated heterocycles. The highest BCUT2D eigenvalue weighted by molar-refractivity contribution is 6.32. The fourth-order valence-electron chi connectivity index (χ4n) is 1.41. The number of nitrogen functional groups attached to an aromatic ring is 1. The first-order chi connectivity index (χ1) is 7.58. The minimum Gasteiger partial charge on any atom is -0.394 e. The van der Waals surface area contributed by atoms with Crippen molar-refractivity contribution in [3.8, 4) is 0 Å². The van der Waals surface area contributed by atoms with Crippen LogP contribution in [0.1, 0.15) is 26.7 Å². The van der Waals surface area contributed by atoms with Gasteiger partial charge in [-0.25, -0.2) is 9.97 Å². The first-order valence-corrected chi connectivity index (χ1v) is 5.61. The van der Waals surface area contributed by atoms with Gasteiger partial charge in [-0.15, -0.1) is 0 Å². The largest absolute Gasteiger partial charge is 0.394 e. The Hall–Kier alpha value is -1.07. The van der Waals surface area contributed by atoms with Crippen molar-refractivity contribution in [1.82, 2.24) is 9.97 Å². The minimum absolute atomic E-state index is 0.0149. The fourth-order valence-corrected chi connectivity index (χ4v) is 1.55. The minimum atomic E-state index is -0.411. The van der Waals surface area contributed by atoms with Gasteiger partial charge in [0.05, 0.1) is 12.1 Å². The van der Waals surface area contributed by atoms with Crippen LogP contribution in [0.4, 0.5) is 11.5 Å². The second-order valence-electron chi connectivity index (χ2n) is 3.70. The molecule has 1 aromatic heterocycles. The number of halogens is 1. The van der Waals surface area contributed by atoms with E-state index in [1.54, 1.807) is 0 Å². The summed E-state index contributed by atoms with van der Waals surface area (Å²) in [7, 11) is 0. The summed E-state index contributed by atoms with van der Waals surface area (Å²) < 4.78 is 0. The lowest BCUT2D eigenvalue weighted by molar-refractivity contribution is 0.202. The van der Waals surface area contributed by atoms with Gasteiger partial charge < -0.3 is 16.2 Å². The number of anilines is 2. The van der Waals surface area contributed by atoms with E-state index in [2.05, 4.69) is 15.3 Å². The van der Waals surface area contributed by atoms with Crippen LogP contribution in [0.5, 0.6) is 0 Å². The van der Waals surface area contributed by atoms with Crippen LogP contribution in [-0.2, 0) is 0 Å². The maximum atomic E-state index is 9.42. The number of aliphatic hydroxyl groups is 1. The van der Waals surface area contributed by atoms with E-state index < -0.39 is 5.54 Å². The molecule has 1 heterocycles. The average molecular weight is 245 g/mol. The number of nitrogens with one attached hydrogen (secondary N) is 1. The van der Waals surface area contributed by atoms with E-state index in [0.717, 1.165) is 12.8 Å². The van der Waals surface area contributed by atoms with Crippen molar-refractivity contribution in [1.29, 1.82) is 0 Å². The highest BCUT2D eigenvalue weighted by Crippen LogP contribution is 2.27. The molecule has 1 rings (SSSR count). The van der Waals surface area contributed by atoms with Gasteiger partial charge in [0, 0.05) is 0 Å². The molecule has 0 saturated carbocycles. The monoisotopic (exact) mass is 244 g/mol. The predicted octanol–water partition coefficient (Wildman–Crippen LogP) is 1.68. The summed E-state index contributed by atoms with van der Waals surface area (Å²) in [5, 5.41) is 12.8. The first-order valence-electron chi connectivity index (χ1n) is 5.23. The third-order valence-corrected chi connectivity index (χ3v) is 3.18. The van der Waals surface area contributed by atoms with Crippen molar-refractivity contribution in [3.63, 3.8) is 0 Å². The van der Waals surface area contributed by atoms with Gasteiger partial charge in [-0.1, -0.05) is 25.4 Å². The van der Waals surface area contributed by atoms with Gasteiger partial charge in [0.1, 0.15) is 12.0 Å². The van der Waals surface area contributed by atoms with E-state index in [0.29, 0.717) is 11.5 Å². The molecule has 0 aliphatic carbocycles. The molecule has 0 radical (unpaired) electrons. The van der Waals surface area contributed by atoms with Crippen LogP contribution in [0.3, 0.4) is 0 Å². The van der Waals surface area contributed by atoms with E-state index in [1.165, 1.54) is 6.33 Å². The molecule has 0 bridgehead atoms. The van der Waals surface area contributed by atoms with Crippen molar-refractivity contribution < 1.29 is 5.11 Å². The number of aromatic nitrogens is 2. The predicted molar refractivity (Wildman–Crippen MR) is 65.5 cm³/mol. The standard InChI is InChI=1S/C10H17ClN4O/c1-3-10(4-2,5-16)15-9-7(12)8(11)13-6-14-9/h6,16H,3-5,12H2,1-2H3,(H,13,14,15). The van der Waals surface area contributed by atoms with Crippen molar-refractivity contribution in [3.05, 3.63) is 11.5 Å². The van der Waals surface area contributed by atoms with Crippen LogP contribution in [0.25, 0.3) is 0 Å². The summed E-state index contributed by atoms with van der Waals surface area (Å²) in [6.07, 6.45) is 2.87. The average Bonchev–Trinajstić information content (AvgIpc) is 2.32. The zero-order chi connectivity index (χ0) is 12.2. The van der Waals surface area contributed by atoms with Crippen molar-refractivity contribution in [2.24, 2.45) is 0 Å². The van der Waals surface area contributed by atoms with Gasteiger partial charge >= 0.3 is 0 Å². The molecule has 0 unspecified atom stereocenters. The van der Waals surface area contributed by atoms with E-state index in [-0.39, 0.29) is 11.8 Å². The molecular formula is C10H17ClN4O. The molecule has 90 valence electrons. The van der Waals surface area contributed by atoms with Crippen LogP contribution >= 0.6 is 11.6 Å². The number of nitrogens with zero attached hydrogens (tertiary/aromatic N) is 2. The summed E-state index contributed by atoms with van der Waals surface area (Å²) in [5.41, 5.74) is 5.65. The van der Waals surface area contributed by atoms with E-state index in [9.17, 15) is 5.11 Å². The molecule has 5 nitrogen and oxygen atoms in total. The van der Waals surface area contributed by atoms with Gasteiger partial charge in [-0.05, 0) is 12.8 Å². The fraction of sp³-hybridized carbons (Fsp3) is 0.600. The molecule has 16 heavy (non-hydrogen) atoms. The molecule has 4 N–H and O–H groups in total. The van der Waals surface area contributed by atoms with Gasteiger partial charge in [0.2, 0.25) is 0 Å². The van der Waals surface area contributed by atoms with Gasteiger partial charge in [0.15, 0.2) is 11.0 Å². The molecule has 0 fully saturated rings. The second kappa shape index (κ2) is 5.32. The number of rotatable bonds is 5. The summed E-state index contributed by atoms with van der Waals surface area (Å²) >= 11 is 5.79. The zero-order valence-corrected chi connectivity index (χ0v) is 10.3. The van der Waals surface area contributed by atoms with Gasteiger partial charge in [-0.3, -0.25) is 0 Å². The molecule has 0 aliphatic rings. The Morgan fingerprint density at radius 3 is 2.56 bits per heavy atom. The number of hydrogen-bond acceptors (Lipinski definition) is 5. The van der Waals surface area contributed by atoms with Crippen LogP contribution in [0.2, 0.25) is 5.15 Å². The van der Waals surface area contributed by atoms with Crippen LogP contribution in [-0.4, -0.2) is 27.2 Å². The zero-order valence-electron chi connectivity index (χ0n) is 9.50. The van der Waals surface area contributed by atoms with Crippen LogP contribution in [0.15, 0.2) is 6.33 Å². The summed E-state index contributed by atoms with van der Waals surface area (Å²) in [6.45, 7) is 4.00. The van der Waals surface area contributed by atoms with Crippen molar-refractivity contribution in [2.75, 3.05) is 17.7 Å². The first kappa shape index (κ1) is 13.0. The van der Waals surface area contributed by atoms with Crippen LogP contribution in [0, 0.1) is 0 Å². The topological polar surface area (TPSA) is 84.1 Å². The molecule has 0 spiro atoms. The third kappa shape index (κ3) is 2.54. The normalized spacial score (nSPS) is 11.5. The molecule has 1 aromatic rings. The lowest BCUT2D eigenvalue weighted by Gasteiger charge is -2.31. The molecule has 0 aliphatic heterocycles. The van der Waals surface area contributed by atoms with E-state index in [4.69, 9.17) is 17.3 Å². The number of aliphatic hydroxyl groups excluding tert-OH is 1. The lowest BCUT2D eigenvalue weighted by Crippen LogP contribution is -2.41. The van der Waals surface area contributed by atoms with E-state index in [1.807, 2.05) is 13.8 Å². The lowest BCUT2D eigenvalue weighted by atomic mass is 9.94. The van der Waals surface area contributed by atoms with Gasteiger partial charge in [-0.2, -0.15) is 0 Å². The Morgan fingerprint density at radius 2 is 2.06 bits per heavy atom.